The minimum atomic E-state index is -3.79. The zero-order valence-electron chi connectivity index (χ0n) is 19.6. The predicted octanol–water partition coefficient (Wildman–Crippen LogP) is 5.87. The first-order valence-electron chi connectivity index (χ1n) is 11.1. The molecule has 0 amide bonds. The zero-order chi connectivity index (χ0) is 23.6. The summed E-state index contributed by atoms with van der Waals surface area (Å²) in [6.45, 7) is 9.18. The van der Waals surface area contributed by atoms with Crippen molar-refractivity contribution in [1.29, 1.82) is 0 Å². The Bertz CT molecular complexity index is 1230. The Labute approximate surface area is 196 Å². The van der Waals surface area contributed by atoms with Gasteiger partial charge in [0.15, 0.2) is 0 Å². The van der Waals surface area contributed by atoms with E-state index in [0.717, 1.165) is 44.7 Å². The van der Waals surface area contributed by atoms with Gasteiger partial charge in [-0.15, -0.1) is 0 Å². The van der Waals surface area contributed by atoms with Crippen LogP contribution in [0.3, 0.4) is 0 Å². The van der Waals surface area contributed by atoms with Crippen LogP contribution >= 0.6 is 0 Å². The normalized spacial score (nSPS) is 15.5. The molecule has 0 aliphatic carbocycles. The van der Waals surface area contributed by atoms with Gasteiger partial charge in [-0.3, -0.25) is 4.18 Å². The fourth-order valence-electron chi connectivity index (χ4n) is 4.32. The van der Waals surface area contributed by atoms with Crippen LogP contribution in [0.5, 0.6) is 5.75 Å². The molecule has 0 radical (unpaired) electrons. The molecule has 0 aromatic heterocycles. The highest BCUT2D eigenvalue weighted by molar-refractivity contribution is 7.86. The number of hydrogen-bond acceptors (Lipinski definition) is 5. The third kappa shape index (κ3) is 4.98. The van der Waals surface area contributed by atoms with Crippen molar-refractivity contribution < 1.29 is 22.1 Å². The minimum Gasteiger partial charge on any atom is -0.488 e. The first-order valence-corrected chi connectivity index (χ1v) is 12.6. The Balaban J connectivity index is 1.47. The first-order chi connectivity index (χ1) is 15.8. The molecule has 5 nitrogen and oxygen atoms in total. The van der Waals surface area contributed by atoms with Gasteiger partial charge in [-0.25, -0.2) is 0 Å². The number of aryl methyl sites for hydroxylation is 1. The van der Waals surface area contributed by atoms with E-state index in [2.05, 4.69) is 32.9 Å². The molecule has 0 saturated heterocycles. The third-order valence-electron chi connectivity index (χ3n) is 6.33. The standard InChI is InChI=1S/C27H30O5S/c1-18-10-12-23(13-11-18)33(28,29)32-15-14-25-26-19(2)20(3)27(21(4)24(26)17-30-25)31-16-22-8-6-5-7-9-22/h5-13,25H,14-17H2,1-4H3. The minimum absolute atomic E-state index is 0.0596. The Morgan fingerprint density at radius 3 is 2.30 bits per heavy atom. The van der Waals surface area contributed by atoms with Crippen molar-refractivity contribution in [3.63, 3.8) is 0 Å². The molecule has 0 saturated carbocycles. The van der Waals surface area contributed by atoms with Crippen LogP contribution in [0.1, 0.15) is 51.5 Å². The summed E-state index contributed by atoms with van der Waals surface area (Å²) >= 11 is 0. The molecule has 1 atom stereocenters. The maximum atomic E-state index is 12.5. The van der Waals surface area contributed by atoms with E-state index in [9.17, 15) is 8.42 Å². The van der Waals surface area contributed by atoms with Crippen LogP contribution in [0, 0.1) is 27.7 Å². The van der Waals surface area contributed by atoms with E-state index >= 15 is 0 Å². The second kappa shape index (κ2) is 9.67. The monoisotopic (exact) mass is 466 g/mol. The van der Waals surface area contributed by atoms with Crippen molar-refractivity contribution in [2.45, 2.75) is 58.3 Å². The molecule has 4 rings (SSSR count). The molecule has 174 valence electrons. The van der Waals surface area contributed by atoms with Gasteiger partial charge < -0.3 is 9.47 Å². The summed E-state index contributed by atoms with van der Waals surface area (Å²) < 4.78 is 42.6. The molecule has 6 heteroatoms. The Morgan fingerprint density at radius 1 is 0.909 bits per heavy atom. The van der Waals surface area contributed by atoms with Crippen LogP contribution in [0.4, 0.5) is 0 Å². The fraction of sp³-hybridized carbons (Fsp3) is 0.333. The van der Waals surface area contributed by atoms with E-state index in [1.165, 1.54) is 0 Å². The van der Waals surface area contributed by atoms with Gasteiger partial charge in [0.05, 0.1) is 24.2 Å². The quantitative estimate of drug-likeness (QED) is 0.389. The highest BCUT2D eigenvalue weighted by atomic mass is 32.2. The molecule has 3 aromatic carbocycles. The van der Waals surface area contributed by atoms with Gasteiger partial charge in [0.1, 0.15) is 12.4 Å². The van der Waals surface area contributed by atoms with Gasteiger partial charge >= 0.3 is 0 Å². The molecule has 1 aliphatic rings. The second-order valence-corrected chi connectivity index (χ2v) is 10.2. The lowest BCUT2D eigenvalue weighted by molar-refractivity contribution is 0.0502. The molecule has 1 heterocycles. The number of benzene rings is 3. The van der Waals surface area contributed by atoms with E-state index < -0.39 is 10.1 Å². The van der Waals surface area contributed by atoms with Crippen molar-refractivity contribution in [1.82, 2.24) is 0 Å². The maximum Gasteiger partial charge on any atom is 0.296 e. The largest absolute Gasteiger partial charge is 0.488 e. The van der Waals surface area contributed by atoms with Crippen molar-refractivity contribution in [3.8, 4) is 5.75 Å². The average molecular weight is 467 g/mol. The number of hydrogen-bond donors (Lipinski definition) is 0. The average Bonchev–Trinajstić information content (AvgIpc) is 3.23. The molecule has 1 unspecified atom stereocenters. The summed E-state index contributed by atoms with van der Waals surface area (Å²) in [5.74, 6) is 0.901. The van der Waals surface area contributed by atoms with Gasteiger partial charge in [0.25, 0.3) is 10.1 Å². The third-order valence-corrected chi connectivity index (χ3v) is 7.66. The topological polar surface area (TPSA) is 61.8 Å². The van der Waals surface area contributed by atoms with E-state index in [-0.39, 0.29) is 17.6 Å². The molecule has 0 spiro atoms. The Hall–Kier alpha value is -2.67. The van der Waals surface area contributed by atoms with E-state index in [1.807, 2.05) is 25.1 Å². The van der Waals surface area contributed by atoms with Crippen LogP contribution < -0.4 is 4.74 Å². The van der Waals surface area contributed by atoms with Crippen LogP contribution in [0.15, 0.2) is 59.5 Å². The fourth-order valence-corrected chi connectivity index (χ4v) is 5.24. The number of fused-ring (bicyclic) bond motifs is 1. The molecular weight excluding hydrogens is 436 g/mol. The van der Waals surface area contributed by atoms with Crippen LogP contribution in [-0.2, 0) is 32.3 Å². The Morgan fingerprint density at radius 2 is 1.61 bits per heavy atom. The summed E-state index contributed by atoms with van der Waals surface area (Å²) in [5, 5.41) is 0. The van der Waals surface area contributed by atoms with Crippen LogP contribution in [-0.4, -0.2) is 15.0 Å². The van der Waals surface area contributed by atoms with Crippen molar-refractivity contribution in [3.05, 3.63) is 93.5 Å². The number of ether oxygens (including phenoxy) is 2. The van der Waals surface area contributed by atoms with Crippen LogP contribution in [0.25, 0.3) is 0 Å². The molecule has 0 bridgehead atoms. The van der Waals surface area contributed by atoms with Gasteiger partial charge in [-0.05, 0) is 73.2 Å². The van der Waals surface area contributed by atoms with Gasteiger partial charge in [-0.2, -0.15) is 8.42 Å². The van der Waals surface area contributed by atoms with Crippen molar-refractivity contribution >= 4 is 10.1 Å². The van der Waals surface area contributed by atoms with E-state index in [4.69, 9.17) is 13.7 Å². The lowest BCUT2D eigenvalue weighted by Gasteiger charge is -2.20. The molecule has 0 N–H and O–H groups in total. The van der Waals surface area contributed by atoms with E-state index in [1.54, 1.807) is 24.3 Å². The highest BCUT2D eigenvalue weighted by Gasteiger charge is 2.30. The molecular formula is C27H30O5S. The molecule has 3 aromatic rings. The van der Waals surface area contributed by atoms with Gasteiger partial charge in [0, 0.05) is 6.42 Å². The maximum absolute atomic E-state index is 12.5. The summed E-state index contributed by atoms with van der Waals surface area (Å²) in [5.41, 5.74) is 7.68. The summed E-state index contributed by atoms with van der Waals surface area (Å²) in [7, 11) is -3.79. The van der Waals surface area contributed by atoms with Gasteiger partial charge in [-0.1, -0.05) is 48.0 Å². The Kier molecular flexibility index (Phi) is 6.88. The van der Waals surface area contributed by atoms with Gasteiger partial charge in [0.2, 0.25) is 0 Å². The zero-order valence-corrected chi connectivity index (χ0v) is 20.4. The lowest BCUT2D eigenvalue weighted by atomic mass is 9.90. The second-order valence-electron chi connectivity index (χ2n) is 8.55. The lowest BCUT2D eigenvalue weighted by Crippen LogP contribution is -2.11. The first kappa shape index (κ1) is 23.5. The molecule has 1 aliphatic heterocycles. The molecule has 33 heavy (non-hydrogen) atoms. The summed E-state index contributed by atoms with van der Waals surface area (Å²) in [6, 6.07) is 16.8. The smallest absolute Gasteiger partial charge is 0.296 e. The summed E-state index contributed by atoms with van der Waals surface area (Å²) in [4.78, 5) is 0.170. The van der Waals surface area contributed by atoms with Crippen molar-refractivity contribution in [2.75, 3.05) is 6.61 Å². The number of rotatable bonds is 8. The molecule has 0 fully saturated rings. The predicted molar refractivity (Wildman–Crippen MR) is 128 cm³/mol. The van der Waals surface area contributed by atoms with Crippen molar-refractivity contribution in [2.24, 2.45) is 0 Å². The van der Waals surface area contributed by atoms with Crippen LogP contribution in [0.2, 0.25) is 0 Å². The summed E-state index contributed by atoms with van der Waals surface area (Å²) in [6.07, 6.45) is 0.260. The van der Waals surface area contributed by atoms with E-state index in [0.29, 0.717) is 19.6 Å². The highest BCUT2D eigenvalue weighted by Crippen LogP contribution is 2.43. The SMILES string of the molecule is Cc1ccc(S(=O)(=O)OCCC2OCc3c(C)c(OCc4ccccc4)c(C)c(C)c32)cc1.